The molecule has 1 aliphatic carbocycles. The third-order valence-corrected chi connectivity index (χ3v) is 2.78. The molecule has 4 nitrogen and oxygen atoms in total. The first-order chi connectivity index (χ1) is 7.04. The number of ether oxygens (including phenoxy) is 1. The summed E-state index contributed by atoms with van der Waals surface area (Å²) in [5.74, 6) is 1.98. The lowest BCUT2D eigenvalue weighted by Gasteiger charge is -2.13. The van der Waals surface area contributed by atoms with Gasteiger partial charge in [-0.1, -0.05) is 13.8 Å². The van der Waals surface area contributed by atoms with Gasteiger partial charge in [0, 0.05) is 13.2 Å². The molecule has 0 aromatic rings. The second-order valence-electron chi connectivity index (χ2n) is 4.73. The first kappa shape index (κ1) is 12.3. The van der Waals surface area contributed by atoms with E-state index in [1.54, 1.807) is 7.11 Å². The second-order valence-corrected chi connectivity index (χ2v) is 4.73. The predicted octanol–water partition coefficient (Wildman–Crippen LogP) is 0.970. The van der Waals surface area contributed by atoms with Crippen LogP contribution in [0.2, 0.25) is 0 Å². The van der Waals surface area contributed by atoms with E-state index in [1.165, 1.54) is 6.42 Å². The number of hydrogen-bond donors (Lipinski definition) is 2. The smallest absolute Gasteiger partial charge is 0.189 e. The Kier molecular flexibility index (Phi) is 4.39. The van der Waals surface area contributed by atoms with E-state index in [0.29, 0.717) is 24.5 Å². The summed E-state index contributed by atoms with van der Waals surface area (Å²) in [6.07, 6.45) is 1.18. The van der Waals surface area contributed by atoms with Crippen LogP contribution >= 0.6 is 0 Å². The molecule has 0 heterocycles. The minimum absolute atomic E-state index is 0.218. The molecule has 0 saturated heterocycles. The van der Waals surface area contributed by atoms with Crippen LogP contribution in [-0.2, 0) is 4.74 Å². The molecular weight excluding hydrogens is 190 g/mol. The number of nitrogens with one attached hydrogen (secondary N) is 1. The van der Waals surface area contributed by atoms with Gasteiger partial charge in [-0.3, -0.25) is 0 Å². The van der Waals surface area contributed by atoms with Gasteiger partial charge in [-0.2, -0.15) is 0 Å². The normalized spacial score (nSPS) is 27.9. The third-order valence-electron chi connectivity index (χ3n) is 2.78. The number of guanidine groups is 1. The molecule has 1 fully saturated rings. The van der Waals surface area contributed by atoms with Gasteiger partial charge in [0.15, 0.2) is 5.96 Å². The lowest BCUT2D eigenvalue weighted by molar-refractivity contribution is 0.179. The van der Waals surface area contributed by atoms with Crippen LogP contribution in [-0.4, -0.2) is 31.8 Å². The van der Waals surface area contributed by atoms with E-state index in [4.69, 9.17) is 10.5 Å². The van der Waals surface area contributed by atoms with Crippen molar-refractivity contribution in [2.75, 3.05) is 13.7 Å². The molecule has 1 unspecified atom stereocenters. The van der Waals surface area contributed by atoms with Crippen LogP contribution in [0.4, 0.5) is 0 Å². The molecule has 0 aliphatic heterocycles. The van der Waals surface area contributed by atoms with Crippen LogP contribution < -0.4 is 11.1 Å². The van der Waals surface area contributed by atoms with E-state index in [-0.39, 0.29) is 6.04 Å². The molecule has 3 N–H and O–H groups in total. The van der Waals surface area contributed by atoms with Crippen molar-refractivity contribution in [2.24, 2.45) is 22.6 Å². The molecule has 15 heavy (non-hydrogen) atoms. The molecule has 1 aliphatic rings. The number of methoxy groups -OCH3 is 1. The molecule has 0 spiro atoms. The first-order valence-corrected chi connectivity index (χ1v) is 5.63. The van der Waals surface area contributed by atoms with Crippen LogP contribution in [0, 0.1) is 11.8 Å². The summed E-state index contributed by atoms with van der Waals surface area (Å²) in [7, 11) is 1.68. The summed E-state index contributed by atoms with van der Waals surface area (Å²) < 4.78 is 5.01. The highest BCUT2D eigenvalue weighted by Gasteiger charge is 2.39. The van der Waals surface area contributed by atoms with Crippen LogP contribution in [0.5, 0.6) is 0 Å². The highest BCUT2D eigenvalue weighted by atomic mass is 16.5. The quantitative estimate of drug-likeness (QED) is 0.528. The van der Waals surface area contributed by atoms with Crippen molar-refractivity contribution >= 4 is 5.96 Å². The third kappa shape index (κ3) is 4.08. The zero-order valence-corrected chi connectivity index (χ0v) is 10.2. The average molecular weight is 213 g/mol. The maximum atomic E-state index is 5.79. The van der Waals surface area contributed by atoms with E-state index in [1.807, 2.05) is 6.92 Å². The van der Waals surface area contributed by atoms with Crippen molar-refractivity contribution in [3.63, 3.8) is 0 Å². The summed E-state index contributed by atoms with van der Waals surface area (Å²) in [5.41, 5.74) is 5.79. The fourth-order valence-electron chi connectivity index (χ4n) is 1.83. The lowest BCUT2D eigenvalue weighted by Crippen LogP contribution is -2.40. The fourth-order valence-corrected chi connectivity index (χ4v) is 1.83. The summed E-state index contributed by atoms with van der Waals surface area (Å²) >= 11 is 0. The Morgan fingerprint density at radius 3 is 2.67 bits per heavy atom. The molecule has 0 bridgehead atoms. The van der Waals surface area contributed by atoms with Gasteiger partial charge >= 0.3 is 0 Å². The zero-order valence-electron chi connectivity index (χ0n) is 10.2. The zero-order chi connectivity index (χ0) is 11.4. The second kappa shape index (κ2) is 5.35. The first-order valence-electron chi connectivity index (χ1n) is 5.63. The van der Waals surface area contributed by atoms with Gasteiger partial charge in [-0.05, 0) is 25.2 Å². The largest absolute Gasteiger partial charge is 0.383 e. The molecule has 0 amide bonds. The van der Waals surface area contributed by atoms with Crippen molar-refractivity contribution in [1.82, 2.24) is 5.32 Å². The van der Waals surface area contributed by atoms with E-state index in [2.05, 4.69) is 24.2 Å². The molecule has 4 heteroatoms. The van der Waals surface area contributed by atoms with E-state index in [9.17, 15) is 0 Å². The summed E-state index contributed by atoms with van der Waals surface area (Å²) in [6.45, 7) is 7.14. The number of rotatable bonds is 5. The number of hydrogen-bond acceptors (Lipinski definition) is 2. The van der Waals surface area contributed by atoms with Gasteiger partial charge in [0.05, 0.1) is 12.6 Å². The fraction of sp³-hybridized carbons (Fsp3) is 0.909. The summed E-state index contributed by atoms with van der Waals surface area (Å²) in [6, 6.07) is 0.655. The summed E-state index contributed by atoms with van der Waals surface area (Å²) in [5, 5.41) is 3.11. The molecule has 1 saturated carbocycles. The molecule has 88 valence electrons. The van der Waals surface area contributed by atoms with Gasteiger partial charge in [0.2, 0.25) is 0 Å². The van der Waals surface area contributed by atoms with Crippen molar-refractivity contribution in [1.29, 1.82) is 0 Å². The van der Waals surface area contributed by atoms with Gasteiger partial charge in [-0.15, -0.1) is 0 Å². The highest BCUT2D eigenvalue weighted by molar-refractivity contribution is 5.78. The maximum Gasteiger partial charge on any atom is 0.189 e. The van der Waals surface area contributed by atoms with Gasteiger partial charge in [0.25, 0.3) is 0 Å². The van der Waals surface area contributed by atoms with Crippen molar-refractivity contribution in [3.05, 3.63) is 0 Å². The standard InChI is InChI=1S/C11H23N3O/c1-7(2)9-5-10(9)14-11(12)13-8(3)6-15-4/h7-10H,5-6H2,1-4H3,(H3,12,13,14)/t8?,9-,10+/m0/s1. The SMILES string of the molecule is COCC(C)NC(N)=N[C@@H]1C[C@H]1C(C)C. The highest BCUT2D eigenvalue weighted by Crippen LogP contribution is 2.39. The van der Waals surface area contributed by atoms with Crippen LogP contribution in [0.1, 0.15) is 27.2 Å². The Morgan fingerprint density at radius 1 is 1.53 bits per heavy atom. The van der Waals surface area contributed by atoms with Crippen molar-refractivity contribution in [3.8, 4) is 0 Å². The lowest BCUT2D eigenvalue weighted by atomic mass is 10.1. The van der Waals surface area contributed by atoms with E-state index in [0.717, 1.165) is 5.92 Å². The van der Waals surface area contributed by atoms with E-state index < -0.39 is 0 Å². The van der Waals surface area contributed by atoms with Gasteiger partial charge in [0.1, 0.15) is 0 Å². The monoisotopic (exact) mass is 213 g/mol. The number of aliphatic imine (C=N–C) groups is 1. The van der Waals surface area contributed by atoms with Crippen LogP contribution in [0.15, 0.2) is 4.99 Å². The molecule has 0 aromatic heterocycles. The molecule has 1 rings (SSSR count). The van der Waals surface area contributed by atoms with Gasteiger partial charge < -0.3 is 15.8 Å². The minimum atomic E-state index is 0.218. The Labute approximate surface area is 92.3 Å². The van der Waals surface area contributed by atoms with Crippen molar-refractivity contribution < 1.29 is 4.74 Å². The maximum absolute atomic E-state index is 5.79. The number of nitrogens with two attached hydrogens (primary N) is 1. The Hall–Kier alpha value is -0.770. The molecular formula is C11H23N3O. The average Bonchev–Trinajstić information content (AvgIpc) is 2.83. The Morgan fingerprint density at radius 2 is 2.20 bits per heavy atom. The van der Waals surface area contributed by atoms with E-state index >= 15 is 0 Å². The number of nitrogens with zero attached hydrogens (tertiary/aromatic N) is 1. The van der Waals surface area contributed by atoms with Crippen LogP contribution in [0.3, 0.4) is 0 Å². The molecule has 3 atom stereocenters. The topological polar surface area (TPSA) is 59.6 Å². The molecule has 0 aromatic carbocycles. The Balaban J connectivity index is 2.28. The van der Waals surface area contributed by atoms with Crippen molar-refractivity contribution in [2.45, 2.75) is 39.3 Å². The Bertz CT molecular complexity index is 228. The predicted molar refractivity (Wildman–Crippen MR) is 62.8 cm³/mol. The van der Waals surface area contributed by atoms with Gasteiger partial charge in [-0.25, -0.2) is 4.99 Å². The minimum Gasteiger partial charge on any atom is -0.383 e. The summed E-state index contributed by atoms with van der Waals surface area (Å²) in [4.78, 5) is 4.44. The van der Waals surface area contributed by atoms with Crippen LogP contribution in [0.25, 0.3) is 0 Å². The molecule has 0 radical (unpaired) electrons.